The normalized spacial score (nSPS) is 10.8. The van der Waals surface area contributed by atoms with Gasteiger partial charge in [-0.25, -0.2) is 9.78 Å². The van der Waals surface area contributed by atoms with E-state index in [4.69, 9.17) is 9.47 Å². The molecule has 7 heteroatoms. The molecule has 2 heterocycles. The maximum absolute atomic E-state index is 13.3. The van der Waals surface area contributed by atoms with Gasteiger partial charge in [0.1, 0.15) is 15.5 Å². The average molecular weight is 433 g/mol. The number of benzene rings is 2. The molecule has 156 valence electrons. The van der Waals surface area contributed by atoms with E-state index in [-0.39, 0.29) is 5.78 Å². The molecule has 0 atom stereocenters. The Morgan fingerprint density at radius 2 is 1.71 bits per heavy atom. The van der Waals surface area contributed by atoms with Gasteiger partial charge in [-0.05, 0) is 30.7 Å². The average Bonchev–Trinajstić information content (AvgIpc) is 3.12. The summed E-state index contributed by atoms with van der Waals surface area (Å²) in [6, 6.07) is 19.6. The Labute approximate surface area is 183 Å². The molecule has 6 nitrogen and oxygen atoms in total. The standard InChI is InChI=1S/C24H20N2O4S/c1-15-13-17(14-29-2)19-20(26-24(28)30-18-11-7-4-8-12-18)22(31-23(19)25-15)21(27)16-9-5-3-6-10-16/h3-13H,14H2,1-2H3,(H,26,28). The number of nitrogens with one attached hydrogen (secondary N) is 1. The van der Waals surface area contributed by atoms with Crippen LogP contribution < -0.4 is 10.1 Å². The minimum Gasteiger partial charge on any atom is -0.410 e. The summed E-state index contributed by atoms with van der Waals surface area (Å²) in [4.78, 5) is 31.6. The summed E-state index contributed by atoms with van der Waals surface area (Å²) in [7, 11) is 1.60. The lowest BCUT2D eigenvalue weighted by atomic mass is 10.1. The van der Waals surface area contributed by atoms with Crippen molar-refractivity contribution in [3.63, 3.8) is 0 Å². The molecule has 1 amide bonds. The Morgan fingerprint density at radius 3 is 2.39 bits per heavy atom. The van der Waals surface area contributed by atoms with Crippen molar-refractivity contribution in [2.75, 3.05) is 12.4 Å². The number of aromatic nitrogens is 1. The predicted octanol–water partition coefficient (Wildman–Crippen LogP) is 5.59. The van der Waals surface area contributed by atoms with Crippen LogP contribution in [-0.2, 0) is 11.3 Å². The van der Waals surface area contributed by atoms with Gasteiger partial charge >= 0.3 is 6.09 Å². The Bertz CT molecular complexity index is 1240. The summed E-state index contributed by atoms with van der Waals surface area (Å²) >= 11 is 1.24. The third-order valence-corrected chi connectivity index (χ3v) is 5.68. The number of ether oxygens (including phenoxy) is 2. The fourth-order valence-corrected chi connectivity index (χ4v) is 4.49. The second kappa shape index (κ2) is 9.07. The third-order valence-electron chi connectivity index (χ3n) is 4.59. The van der Waals surface area contributed by atoms with Gasteiger partial charge in [0.2, 0.25) is 5.78 Å². The molecule has 2 aromatic heterocycles. The summed E-state index contributed by atoms with van der Waals surface area (Å²) in [6.45, 7) is 2.20. The summed E-state index contributed by atoms with van der Waals surface area (Å²) in [5.41, 5.74) is 2.55. The van der Waals surface area contributed by atoms with E-state index in [1.54, 1.807) is 55.6 Å². The Balaban J connectivity index is 1.81. The molecule has 0 radical (unpaired) electrons. The van der Waals surface area contributed by atoms with Crippen molar-refractivity contribution < 1.29 is 19.1 Å². The first-order valence-corrected chi connectivity index (χ1v) is 10.4. The number of ketones is 1. The van der Waals surface area contributed by atoms with E-state index in [0.717, 1.165) is 11.3 Å². The van der Waals surface area contributed by atoms with Gasteiger partial charge in [0, 0.05) is 23.8 Å². The number of pyridine rings is 1. The number of aryl methyl sites for hydroxylation is 1. The van der Waals surface area contributed by atoms with Crippen molar-refractivity contribution in [1.29, 1.82) is 0 Å². The number of rotatable bonds is 6. The molecular weight excluding hydrogens is 412 g/mol. The predicted molar refractivity (Wildman–Crippen MR) is 121 cm³/mol. The van der Waals surface area contributed by atoms with Crippen molar-refractivity contribution in [1.82, 2.24) is 4.98 Å². The van der Waals surface area contributed by atoms with E-state index in [1.807, 2.05) is 25.1 Å². The lowest BCUT2D eigenvalue weighted by molar-refractivity contribution is 0.104. The van der Waals surface area contributed by atoms with Gasteiger partial charge in [-0.2, -0.15) is 0 Å². The van der Waals surface area contributed by atoms with Crippen molar-refractivity contribution in [3.8, 4) is 5.75 Å². The molecular formula is C24H20N2O4S. The van der Waals surface area contributed by atoms with E-state index in [0.29, 0.717) is 38.7 Å². The van der Waals surface area contributed by atoms with Crippen LogP contribution in [0.4, 0.5) is 10.5 Å². The molecule has 1 N–H and O–H groups in total. The number of hydrogen-bond donors (Lipinski definition) is 1. The van der Waals surface area contributed by atoms with Crippen LogP contribution in [-0.4, -0.2) is 24.0 Å². The molecule has 0 aliphatic carbocycles. The second-order valence-electron chi connectivity index (χ2n) is 6.86. The van der Waals surface area contributed by atoms with E-state index < -0.39 is 6.09 Å². The van der Waals surface area contributed by atoms with Gasteiger partial charge in [0.15, 0.2) is 0 Å². The van der Waals surface area contributed by atoms with Crippen LogP contribution >= 0.6 is 11.3 Å². The zero-order valence-corrected chi connectivity index (χ0v) is 17.9. The lowest BCUT2D eigenvalue weighted by Gasteiger charge is -2.10. The number of carbonyl (C=O) groups excluding carboxylic acids is 2. The summed E-state index contributed by atoms with van der Waals surface area (Å²) in [5, 5.41) is 3.47. The van der Waals surface area contributed by atoms with Crippen molar-refractivity contribution in [2.24, 2.45) is 0 Å². The smallest absolute Gasteiger partial charge is 0.410 e. The quantitative estimate of drug-likeness (QED) is 0.402. The van der Waals surface area contributed by atoms with Gasteiger partial charge in [0.05, 0.1) is 12.3 Å². The highest BCUT2D eigenvalue weighted by atomic mass is 32.1. The maximum Gasteiger partial charge on any atom is 0.417 e. The molecule has 0 unspecified atom stereocenters. The fraction of sp³-hybridized carbons (Fsp3) is 0.125. The van der Waals surface area contributed by atoms with Gasteiger partial charge in [-0.3, -0.25) is 10.1 Å². The van der Waals surface area contributed by atoms with Crippen LogP contribution in [0, 0.1) is 6.92 Å². The van der Waals surface area contributed by atoms with Crippen molar-refractivity contribution in [3.05, 3.63) is 88.4 Å². The summed E-state index contributed by atoms with van der Waals surface area (Å²) in [6.07, 6.45) is -0.683. The Morgan fingerprint density at radius 1 is 1.03 bits per heavy atom. The molecule has 2 aromatic carbocycles. The fourth-order valence-electron chi connectivity index (χ4n) is 3.30. The van der Waals surface area contributed by atoms with Gasteiger partial charge in [-0.15, -0.1) is 11.3 Å². The van der Waals surface area contributed by atoms with E-state index in [9.17, 15) is 9.59 Å². The Hall–Kier alpha value is -3.55. The Kier molecular flexibility index (Phi) is 6.06. The second-order valence-corrected chi connectivity index (χ2v) is 7.86. The van der Waals surface area contributed by atoms with Crippen molar-refractivity contribution in [2.45, 2.75) is 13.5 Å². The van der Waals surface area contributed by atoms with E-state index >= 15 is 0 Å². The van der Waals surface area contributed by atoms with Crippen LogP contribution in [0.5, 0.6) is 5.75 Å². The van der Waals surface area contributed by atoms with Gasteiger partial charge in [-0.1, -0.05) is 48.5 Å². The number of methoxy groups -OCH3 is 1. The zero-order chi connectivity index (χ0) is 21.8. The highest BCUT2D eigenvalue weighted by molar-refractivity contribution is 7.21. The molecule has 4 rings (SSSR count). The monoisotopic (exact) mass is 432 g/mol. The number of thiophene rings is 1. The molecule has 0 spiro atoms. The number of para-hydroxylation sites is 1. The molecule has 0 fully saturated rings. The number of hydrogen-bond acceptors (Lipinski definition) is 6. The first kappa shape index (κ1) is 20.7. The minimum atomic E-state index is -0.683. The number of anilines is 1. The molecule has 0 aliphatic heterocycles. The lowest BCUT2D eigenvalue weighted by Crippen LogP contribution is -2.18. The minimum absolute atomic E-state index is 0.195. The molecule has 0 aliphatic rings. The molecule has 0 saturated carbocycles. The van der Waals surface area contributed by atoms with Crippen LogP contribution in [0.1, 0.15) is 26.5 Å². The van der Waals surface area contributed by atoms with Crippen LogP contribution in [0.15, 0.2) is 66.7 Å². The van der Waals surface area contributed by atoms with Crippen LogP contribution in [0.25, 0.3) is 10.2 Å². The first-order valence-electron chi connectivity index (χ1n) is 9.62. The van der Waals surface area contributed by atoms with Gasteiger partial charge < -0.3 is 9.47 Å². The largest absolute Gasteiger partial charge is 0.417 e. The topological polar surface area (TPSA) is 77.5 Å². The number of amides is 1. The molecule has 0 saturated heterocycles. The number of carbonyl (C=O) groups is 2. The van der Waals surface area contributed by atoms with E-state index in [2.05, 4.69) is 10.3 Å². The highest BCUT2D eigenvalue weighted by Crippen LogP contribution is 2.39. The van der Waals surface area contributed by atoms with Crippen molar-refractivity contribution >= 4 is 39.1 Å². The third kappa shape index (κ3) is 4.47. The van der Waals surface area contributed by atoms with Crippen LogP contribution in [0.2, 0.25) is 0 Å². The molecule has 0 bridgehead atoms. The van der Waals surface area contributed by atoms with Gasteiger partial charge in [0.25, 0.3) is 0 Å². The number of fused-ring (bicyclic) bond motifs is 1. The van der Waals surface area contributed by atoms with Crippen LogP contribution in [0.3, 0.4) is 0 Å². The van der Waals surface area contributed by atoms with E-state index in [1.165, 1.54) is 11.3 Å². The zero-order valence-electron chi connectivity index (χ0n) is 17.0. The molecule has 4 aromatic rings. The highest BCUT2D eigenvalue weighted by Gasteiger charge is 2.25. The SMILES string of the molecule is COCc1cc(C)nc2sc(C(=O)c3ccccc3)c(NC(=O)Oc3ccccc3)c12. The summed E-state index contributed by atoms with van der Waals surface area (Å²) in [5.74, 6) is 0.209. The summed E-state index contributed by atoms with van der Waals surface area (Å²) < 4.78 is 10.7. The maximum atomic E-state index is 13.3. The first-order chi connectivity index (χ1) is 15.1. The molecule has 31 heavy (non-hydrogen) atoms. The number of nitrogens with zero attached hydrogens (tertiary/aromatic N) is 1.